The number of methoxy groups -OCH3 is 2. The van der Waals surface area contributed by atoms with E-state index in [9.17, 15) is 4.79 Å². The van der Waals surface area contributed by atoms with Gasteiger partial charge < -0.3 is 14.4 Å². The van der Waals surface area contributed by atoms with Crippen LogP contribution in [0.15, 0.2) is 47.4 Å². The summed E-state index contributed by atoms with van der Waals surface area (Å²) in [5, 5.41) is 0.372. The zero-order chi connectivity index (χ0) is 21.0. The highest BCUT2D eigenvalue weighted by Gasteiger charge is 2.37. The molecule has 1 aliphatic heterocycles. The lowest BCUT2D eigenvalue weighted by Gasteiger charge is -2.26. The van der Waals surface area contributed by atoms with Gasteiger partial charge in [0.1, 0.15) is 11.5 Å². The Hall–Kier alpha value is -2.18. The van der Waals surface area contributed by atoms with E-state index in [0.717, 1.165) is 36.6 Å². The minimum absolute atomic E-state index is 0.0943. The van der Waals surface area contributed by atoms with Gasteiger partial charge in [-0.3, -0.25) is 9.69 Å². The van der Waals surface area contributed by atoms with Gasteiger partial charge in [-0.25, -0.2) is 0 Å². The summed E-state index contributed by atoms with van der Waals surface area (Å²) >= 11 is 1.84. The van der Waals surface area contributed by atoms with Gasteiger partial charge in [0.25, 0.3) is 0 Å². The molecule has 1 heterocycles. The zero-order valence-electron chi connectivity index (χ0n) is 17.8. The fraction of sp³-hybridized carbons (Fsp3) is 0.435. The Balaban J connectivity index is 1.74. The van der Waals surface area contributed by atoms with Crippen LogP contribution in [0.25, 0.3) is 0 Å². The van der Waals surface area contributed by atoms with Crippen LogP contribution >= 0.6 is 11.8 Å². The molecule has 0 aromatic heterocycles. The Labute approximate surface area is 178 Å². The van der Waals surface area contributed by atoms with Crippen molar-refractivity contribution < 1.29 is 14.3 Å². The molecule has 1 saturated heterocycles. The Morgan fingerprint density at radius 3 is 2.45 bits per heavy atom. The first-order valence-electron chi connectivity index (χ1n) is 9.80. The van der Waals surface area contributed by atoms with E-state index in [1.54, 1.807) is 19.1 Å². The SMILES string of the molecule is COc1ccc(S[C@@H]2C[C@@H](C(=O)N(C)C)N(Cc3ccc(OC)c(C)c3)C2)cc1. The summed E-state index contributed by atoms with van der Waals surface area (Å²) in [5.41, 5.74) is 2.32. The van der Waals surface area contributed by atoms with E-state index in [1.807, 2.05) is 44.1 Å². The Morgan fingerprint density at radius 1 is 1.14 bits per heavy atom. The monoisotopic (exact) mass is 414 g/mol. The number of likely N-dealkylation sites (tertiary alicyclic amines) is 1. The molecule has 0 bridgehead atoms. The van der Waals surface area contributed by atoms with Crippen LogP contribution in [-0.2, 0) is 11.3 Å². The molecule has 29 heavy (non-hydrogen) atoms. The molecule has 3 rings (SSSR count). The van der Waals surface area contributed by atoms with Crippen LogP contribution in [0.3, 0.4) is 0 Å². The van der Waals surface area contributed by atoms with Crippen molar-refractivity contribution in [1.29, 1.82) is 0 Å². The van der Waals surface area contributed by atoms with Crippen LogP contribution in [0.4, 0.5) is 0 Å². The number of likely N-dealkylation sites (N-methyl/N-ethyl adjacent to an activating group) is 1. The summed E-state index contributed by atoms with van der Waals surface area (Å²) in [6.45, 7) is 3.69. The van der Waals surface area contributed by atoms with Gasteiger partial charge >= 0.3 is 0 Å². The zero-order valence-corrected chi connectivity index (χ0v) is 18.7. The number of hydrogen-bond acceptors (Lipinski definition) is 5. The number of hydrogen-bond donors (Lipinski definition) is 0. The average Bonchev–Trinajstić information content (AvgIpc) is 3.10. The first-order valence-corrected chi connectivity index (χ1v) is 10.7. The van der Waals surface area contributed by atoms with Gasteiger partial charge in [0, 0.05) is 37.3 Å². The largest absolute Gasteiger partial charge is 0.497 e. The number of rotatable bonds is 7. The van der Waals surface area contributed by atoms with E-state index in [4.69, 9.17) is 9.47 Å². The van der Waals surface area contributed by atoms with E-state index in [1.165, 1.54) is 10.5 Å². The van der Waals surface area contributed by atoms with E-state index in [0.29, 0.717) is 5.25 Å². The van der Waals surface area contributed by atoms with Crippen molar-refractivity contribution in [3.8, 4) is 11.5 Å². The van der Waals surface area contributed by atoms with E-state index >= 15 is 0 Å². The van der Waals surface area contributed by atoms with Crippen molar-refractivity contribution in [3.63, 3.8) is 0 Å². The van der Waals surface area contributed by atoms with Gasteiger partial charge in [-0.05, 0) is 54.8 Å². The summed E-state index contributed by atoms with van der Waals surface area (Å²) in [6, 6.07) is 14.3. The number of carbonyl (C=O) groups excluding carboxylic acids is 1. The smallest absolute Gasteiger partial charge is 0.239 e. The highest BCUT2D eigenvalue weighted by atomic mass is 32.2. The molecule has 0 unspecified atom stereocenters. The maximum absolute atomic E-state index is 12.8. The minimum Gasteiger partial charge on any atom is -0.497 e. The van der Waals surface area contributed by atoms with Gasteiger partial charge in [-0.2, -0.15) is 0 Å². The summed E-state index contributed by atoms with van der Waals surface area (Å²) < 4.78 is 10.6. The summed E-state index contributed by atoms with van der Waals surface area (Å²) in [4.78, 5) is 18.1. The van der Waals surface area contributed by atoms with Gasteiger partial charge in [-0.1, -0.05) is 12.1 Å². The summed E-state index contributed by atoms with van der Waals surface area (Å²) in [6.07, 6.45) is 0.850. The van der Waals surface area contributed by atoms with Crippen LogP contribution in [0.2, 0.25) is 0 Å². The Bertz CT molecular complexity index is 839. The van der Waals surface area contributed by atoms with Crippen LogP contribution in [-0.4, -0.2) is 61.9 Å². The Kier molecular flexibility index (Phi) is 7.09. The lowest BCUT2D eigenvalue weighted by atomic mass is 10.1. The lowest BCUT2D eigenvalue weighted by Crippen LogP contribution is -2.42. The first-order chi connectivity index (χ1) is 13.9. The topological polar surface area (TPSA) is 42.0 Å². The molecule has 2 aromatic carbocycles. The summed E-state index contributed by atoms with van der Waals surface area (Å²) in [7, 11) is 7.04. The second kappa shape index (κ2) is 9.55. The highest BCUT2D eigenvalue weighted by Crippen LogP contribution is 2.35. The fourth-order valence-corrected chi connectivity index (χ4v) is 5.02. The van der Waals surface area contributed by atoms with E-state index < -0.39 is 0 Å². The average molecular weight is 415 g/mol. The molecule has 156 valence electrons. The fourth-order valence-electron chi connectivity index (χ4n) is 3.80. The molecule has 1 aliphatic rings. The molecule has 6 heteroatoms. The maximum Gasteiger partial charge on any atom is 0.239 e. The van der Waals surface area contributed by atoms with Crippen molar-refractivity contribution in [3.05, 3.63) is 53.6 Å². The molecule has 2 atom stereocenters. The molecular weight excluding hydrogens is 384 g/mol. The standard InChI is InChI=1S/C23H30N2O3S/c1-16-12-17(6-11-22(16)28-5)14-25-15-20(13-21(25)23(26)24(2)3)29-19-9-7-18(27-4)8-10-19/h6-12,20-21H,13-15H2,1-5H3/t20-,21+/m1/s1. The van der Waals surface area contributed by atoms with Gasteiger partial charge in [0.05, 0.1) is 20.3 Å². The molecule has 2 aromatic rings. The van der Waals surface area contributed by atoms with Crippen LogP contribution in [0.5, 0.6) is 11.5 Å². The van der Waals surface area contributed by atoms with Crippen molar-refractivity contribution >= 4 is 17.7 Å². The second-order valence-electron chi connectivity index (χ2n) is 7.63. The molecule has 1 amide bonds. The molecule has 5 nitrogen and oxygen atoms in total. The van der Waals surface area contributed by atoms with Gasteiger partial charge in [0.2, 0.25) is 5.91 Å². The van der Waals surface area contributed by atoms with Crippen molar-refractivity contribution in [2.45, 2.75) is 36.1 Å². The van der Waals surface area contributed by atoms with Gasteiger partial charge in [0.15, 0.2) is 0 Å². The molecule has 0 radical (unpaired) electrons. The molecule has 0 N–H and O–H groups in total. The normalized spacial score (nSPS) is 19.2. The quantitative estimate of drug-likeness (QED) is 0.689. The van der Waals surface area contributed by atoms with Crippen LogP contribution < -0.4 is 9.47 Å². The predicted octanol–water partition coefficient (Wildman–Crippen LogP) is 3.84. The predicted molar refractivity (Wildman–Crippen MR) is 118 cm³/mol. The third-order valence-electron chi connectivity index (χ3n) is 5.30. The number of amides is 1. The number of nitrogens with zero attached hydrogens (tertiary/aromatic N) is 2. The van der Waals surface area contributed by atoms with Crippen molar-refractivity contribution in [2.24, 2.45) is 0 Å². The second-order valence-corrected chi connectivity index (χ2v) is 9.01. The molecule has 0 aliphatic carbocycles. The third-order valence-corrected chi connectivity index (χ3v) is 6.52. The molecule has 0 saturated carbocycles. The van der Waals surface area contributed by atoms with E-state index in [-0.39, 0.29) is 11.9 Å². The molecule has 0 spiro atoms. The van der Waals surface area contributed by atoms with Crippen molar-refractivity contribution in [2.75, 3.05) is 34.9 Å². The van der Waals surface area contributed by atoms with Crippen LogP contribution in [0, 0.1) is 6.92 Å². The third kappa shape index (κ3) is 5.25. The molecule has 1 fully saturated rings. The minimum atomic E-state index is -0.0943. The van der Waals surface area contributed by atoms with Crippen molar-refractivity contribution in [1.82, 2.24) is 9.80 Å². The van der Waals surface area contributed by atoms with Crippen LogP contribution in [0.1, 0.15) is 17.5 Å². The number of benzene rings is 2. The maximum atomic E-state index is 12.8. The number of carbonyl (C=O) groups is 1. The van der Waals surface area contributed by atoms with E-state index in [2.05, 4.69) is 36.1 Å². The number of thioether (sulfide) groups is 1. The summed E-state index contributed by atoms with van der Waals surface area (Å²) in [5.74, 6) is 1.93. The first kappa shape index (κ1) is 21.5. The number of aryl methyl sites for hydroxylation is 1. The molecular formula is C23H30N2O3S. The Morgan fingerprint density at radius 2 is 1.86 bits per heavy atom. The number of ether oxygens (including phenoxy) is 2. The van der Waals surface area contributed by atoms with Gasteiger partial charge in [-0.15, -0.1) is 11.8 Å². The lowest BCUT2D eigenvalue weighted by molar-refractivity contribution is -0.133. The highest BCUT2D eigenvalue weighted by molar-refractivity contribution is 8.00.